The zero-order valence-corrected chi connectivity index (χ0v) is 27.3. The Kier molecular flexibility index (Phi) is 11.4. The zero-order valence-electron chi connectivity index (χ0n) is 27.3. The van der Waals surface area contributed by atoms with Crippen LogP contribution in [0.3, 0.4) is 0 Å². The van der Waals surface area contributed by atoms with Crippen LogP contribution in [-0.4, -0.2) is 90.1 Å². The van der Waals surface area contributed by atoms with Gasteiger partial charge in [0.1, 0.15) is 24.4 Å². The standard InChI is InChI=1S/C34H46N6O5/c1-23(32(42)38-31(35)21-30(41)34(2,3)4)10-11-24-8-7-9-25(18-24)45-33-26-19-29(28(43-6)20-27(26)36-22-37-33)44-17-16-40-14-12-39(5)13-15-40/h7-9,18-23,41H,10-17H2,1-6H3,(H2,35,38,42)/p+1/b30-21-. The number of aliphatic hydroxyl groups excluding tert-OH is 1. The van der Waals surface area contributed by atoms with E-state index in [0.29, 0.717) is 53.5 Å². The number of allylic oxidation sites excluding steroid dienone is 1. The molecule has 1 aliphatic heterocycles. The number of rotatable bonds is 12. The van der Waals surface area contributed by atoms with Crippen LogP contribution < -0.4 is 24.9 Å². The number of likely N-dealkylation sites (N-methyl/N-ethyl adjacent to an activating group) is 1. The van der Waals surface area contributed by atoms with Crippen molar-refractivity contribution in [3.63, 3.8) is 0 Å². The third kappa shape index (κ3) is 9.63. The molecule has 1 aromatic heterocycles. The Balaban J connectivity index is 1.41. The fraction of sp³-hybridized carbons (Fsp3) is 0.471. The first-order valence-corrected chi connectivity index (χ1v) is 15.4. The minimum Gasteiger partial charge on any atom is -0.511 e. The number of amides is 1. The Labute approximate surface area is 265 Å². The highest BCUT2D eigenvalue weighted by atomic mass is 16.5. The molecule has 2 heterocycles. The molecule has 4 N–H and O–H groups in total. The molecule has 2 aromatic carbocycles. The molecular weight excluding hydrogens is 572 g/mol. The highest BCUT2D eigenvalue weighted by Gasteiger charge is 2.20. The van der Waals surface area contributed by atoms with Gasteiger partial charge in [-0.25, -0.2) is 19.8 Å². The summed E-state index contributed by atoms with van der Waals surface area (Å²) in [6, 6.07) is 11.4. The largest absolute Gasteiger partial charge is 0.511 e. The first kappa shape index (κ1) is 33.7. The number of nitrogens with one attached hydrogen (secondary N) is 1. The van der Waals surface area contributed by atoms with Gasteiger partial charge in [0.15, 0.2) is 11.5 Å². The smallest absolute Gasteiger partial charge is 0.310 e. The SMILES string of the molecule is COc1cc2ncnc(Oc3cccc(CCC(C)C(=O)[NH+]=C(N)/C=C(\O)C(C)(C)C)c3)c2cc1OCCN1CCN(C)CC1. The molecule has 1 atom stereocenters. The Morgan fingerprint density at radius 2 is 1.89 bits per heavy atom. The maximum Gasteiger partial charge on any atom is 0.310 e. The van der Waals surface area contributed by atoms with Crippen molar-refractivity contribution in [3.8, 4) is 23.1 Å². The number of benzene rings is 2. The van der Waals surface area contributed by atoms with Crippen molar-refractivity contribution in [2.45, 2.75) is 40.5 Å². The number of aryl methyl sites for hydroxylation is 1. The van der Waals surface area contributed by atoms with Crippen molar-refractivity contribution in [3.05, 3.63) is 60.1 Å². The van der Waals surface area contributed by atoms with Crippen molar-refractivity contribution in [1.82, 2.24) is 19.8 Å². The number of nitrogens with zero attached hydrogens (tertiary/aromatic N) is 4. The number of ether oxygens (including phenoxy) is 3. The van der Waals surface area contributed by atoms with Crippen molar-refractivity contribution in [1.29, 1.82) is 0 Å². The molecule has 11 heteroatoms. The van der Waals surface area contributed by atoms with E-state index in [1.165, 1.54) is 12.4 Å². The number of amidine groups is 1. The summed E-state index contributed by atoms with van der Waals surface area (Å²) in [7, 11) is 3.76. The number of aliphatic hydroxyl groups is 1. The van der Waals surface area contributed by atoms with Crippen LogP contribution in [0.4, 0.5) is 0 Å². The van der Waals surface area contributed by atoms with E-state index >= 15 is 0 Å². The number of methoxy groups -OCH3 is 1. The quantitative estimate of drug-likeness (QED) is 0.158. The summed E-state index contributed by atoms with van der Waals surface area (Å²) in [5.41, 5.74) is 7.18. The average Bonchev–Trinajstić information content (AvgIpc) is 3.00. The molecule has 45 heavy (non-hydrogen) atoms. The van der Waals surface area contributed by atoms with Crippen LogP contribution in [0.15, 0.2) is 54.6 Å². The molecule has 3 aromatic rings. The van der Waals surface area contributed by atoms with E-state index in [-0.39, 0.29) is 23.4 Å². The van der Waals surface area contributed by atoms with E-state index in [1.54, 1.807) is 7.11 Å². The molecule has 0 saturated carbocycles. The maximum atomic E-state index is 12.7. The molecule has 1 fully saturated rings. The van der Waals surface area contributed by atoms with E-state index in [4.69, 9.17) is 19.9 Å². The second kappa shape index (κ2) is 15.2. The second-order valence-corrected chi connectivity index (χ2v) is 12.6. The van der Waals surface area contributed by atoms with Gasteiger partial charge in [-0.3, -0.25) is 10.6 Å². The lowest BCUT2D eigenvalue weighted by Gasteiger charge is -2.32. The van der Waals surface area contributed by atoms with E-state index in [2.05, 4.69) is 31.8 Å². The Bertz CT molecular complexity index is 1530. The van der Waals surface area contributed by atoms with Crippen LogP contribution >= 0.6 is 0 Å². The number of piperazine rings is 1. The first-order chi connectivity index (χ1) is 21.4. The molecule has 1 saturated heterocycles. The van der Waals surface area contributed by atoms with Crippen LogP contribution in [0.25, 0.3) is 10.9 Å². The molecule has 1 amide bonds. The van der Waals surface area contributed by atoms with Gasteiger partial charge in [-0.1, -0.05) is 39.8 Å². The molecule has 0 aliphatic carbocycles. The van der Waals surface area contributed by atoms with Crippen LogP contribution in [0.5, 0.6) is 23.1 Å². The lowest BCUT2D eigenvalue weighted by atomic mass is 9.93. The normalized spacial score (nSPS) is 16.0. The molecule has 11 nitrogen and oxygen atoms in total. The maximum absolute atomic E-state index is 12.7. The summed E-state index contributed by atoms with van der Waals surface area (Å²) >= 11 is 0. The van der Waals surface area contributed by atoms with Gasteiger partial charge in [0.25, 0.3) is 5.84 Å². The third-order valence-electron chi connectivity index (χ3n) is 7.90. The Hall–Kier alpha value is -4.22. The number of fused-ring (bicyclic) bond motifs is 1. The van der Waals surface area contributed by atoms with Gasteiger partial charge in [-0.05, 0) is 43.7 Å². The molecule has 0 radical (unpaired) electrons. The first-order valence-electron chi connectivity index (χ1n) is 15.4. The highest BCUT2D eigenvalue weighted by molar-refractivity contribution is 5.90. The van der Waals surface area contributed by atoms with E-state index in [1.807, 2.05) is 64.1 Å². The van der Waals surface area contributed by atoms with Gasteiger partial charge >= 0.3 is 5.91 Å². The lowest BCUT2D eigenvalue weighted by molar-refractivity contribution is -0.382. The second-order valence-electron chi connectivity index (χ2n) is 12.6. The highest BCUT2D eigenvalue weighted by Crippen LogP contribution is 2.36. The summed E-state index contributed by atoms with van der Waals surface area (Å²) in [5, 5.41) is 10.9. The number of carbonyl (C=O) groups excluding carboxylic acids is 1. The van der Waals surface area contributed by atoms with Crippen molar-refractivity contribution in [2.75, 3.05) is 53.5 Å². The Morgan fingerprint density at radius 1 is 1.13 bits per heavy atom. The van der Waals surface area contributed by atoms with Crippen molar-refractivity contribution >= 4 is 22.6 Å². The molecular formula is C34H47N6O5+. The average molecular weight is 620 g/mol. The topological polar surface area (TPSA) is 137 Å². The number of carbonyl (C=O) groups is 1. The fourth-order valence-corrected chi connectivity index (χ4v) is 4.81. The summed E-state index contributed by atoms with van der Waals surface area (Å²) in [5.74, 6) is 1.97. The predicted molar refractivity (Wildman–Crippen MR) is 175 cm³/mol. The number of nitrogens with two attached hydrogens (primary N) is 1. The van der Waals surface area contributed by atoms with Crippen molar-refractivity contribution in [2.24, 2.45) is 17.1 Å². The van der Waals surface area contributed by atoms with E-state index in [0.717, 1.165) is 38.3 Å². The van der Waals surface area contributed by atoms with E-state index < -0.39 is 5.41 Å². The van der Waals surface area contributed by atoms with Crippen LogP contribution in [0.2, 0.25) is 0 Å². The molecule has 4 rings (SSSR count). The number of hydrogen-bond donors (Lipinski definition) is 3. The third-order valence-corrected chi connectivity index (χ3v) is 7.90. The molecule has 1 unspecified atom stereocenters. The monoisotopic (exact) mass is 619 g/mol. The van der Waals surface area contributed by atoms with Gasteiger partial charge in [0.2, 0.25) is 5.88 Å². The van der Waals surface area contributed by atoms with Crippen LogP contribution in [0, 0.1) is 11.3 Å². The van der Waals surface area contributed by atoms with Gasteiger partial charge in [-0.2, -0.15) is 0 Å². The molecule has 1 aliphatic rings. The van der Waals surface area contributed by atoms with Gasteiger partial charge in [0.05, 0.1) is 30.0 Å². The predicted octanol–water partition coefficient (Wildman–Crippen LogP) is 3.08. The van der Waals surface area contributed by atoms with Crippen LogP contribution in [0.1, 0.15) is 39.7 Å². The summed E-state index contributed by atoms with van der Waals surface area (Å²) < 4.78 is 18.0. The van der Waals surface area contributed by atoms with Gasteiger partial charge in [-0.15, -0.1) is 0 Å². The summed E-state index contributed by atoms with van der Waals surface area (Å²) in [6.07, 6.45) is 4.11. The van der Waals surface area contributed by atoms with Crippen molar-refractivity contribution < 1.29 is 29.1 Å². The number of hydrogen-bond acceptors (Lipinski definition) is 9. The summed E-state index contributed by atoms with van der Waals surface area (Å²) in [6.45, 7) is 13.0. The van der Waals surface area contributed by atoms with Crippen LogP contribution in [-0.2, 0) is 11.2 Å². The van der Waals surface area contributed by atoms with Gasteiger partial charge in [0, 0.05) is 44.2 Å². The lowest BCUT2D eigenvalue weighted by Crippen LogP contribution is -2.80. The minimum atomic E-state index is -0.459. The molecule has 0 bridgehead atoms. The fourth-order valence-electron chi connectivity index (χ4n) is 4.81. The van der Waals surface area contributed by atoms with Gasteiger partial charge < -0.3 is 24.2 Å². The van der Waals surface area contributed by atoms with E-state index in [9.17, 15) is 9.90 Å². The molecule has 242 valence electrons. The number of aromatic nitrogens is 2. The zero-order chi connectivity index (χ0) is 32.6. The minimum absolute atomic E-state index is 0.102. The molecule has 0 spiro atoms. The summed E-state index contributed by atoms with van der Waals surface area (Å²) in [4.78, 5) is 28.9. The Morgan fingerprint density at radius 3 is 2.60 bits per heavy atom.